The average Bonchev–Trinajstić information content (AvgIpc) is 2.45. The Balaban J connectivity index is 2.91. The van der Waals surface area contributed by atoms with Crippen molar-refractivity contribution in [3.05, 3.63) is 17.7 Å². The Morgan fingerprint density at radius 3 is 1.95 bits per heavy atom. The van der Waals surface area contributed by atoms with E-state index in [1.807, 2.05) is 6.92 Å². The Labute approximate surface area is 126 Å². The SMILES string of the molecule is COc1cc(CC(=O)NC(C)C(C)C)cc(OC)c1OC. The standard InChI is InChI=1S/C16H25NO4/c1-10(2)11(3)17-15(18)9-12-7-13(19-4)16(21-6)14(8-12)20-5/h7-8,10-11H,9H2,1-6H3,(H,17,18). The molecule has 0 aliphatic carbocycles. The number of hydrogen-bond acceptors (Lipinski definition) is 4. The van der Waals surface area contributed by atoms with Crippen LogP contribution in [0.2, 0.25) is 0 Å². The van der Waals surface area contributed by atoms with Crippen molar-refractivity contribution in [3.8, 4) is 17.2 Å². The summed E-state index contributed by atoms with van der Waals surface area (Å²) in [6.45, 7) is 6.15. The fourth-order valence-electron chi connectivity index (χ4n) is 1.89. The average molecular weight is 295 g/mol. The lowest BCUT2D eigenvalue weighted by atomic mass is 10.1. The molecular weight excluding hydrogens is 270 g/mol. The van der Waals surface area contributed by atoms with Crippen molar-refractivity contribution in [2.24, 2.45) is 5.92 Å². The zero-order chi connectivity index (χ0) is 16.0. The lowest BCUT2D eigenvalue weighted by Crippen LogP contribution is -2.37. The van der Waals surface area contributed by atoms with Gasteiger partial charge in [0.15, 0.2) is 11.5 Å². The van der Waals surface area contributed by atoms with Crippen molar-refractivity contribution in [2.75, 3.05) is 21.3 Å². The number of nitrogens with one attached hydrogen (secondary N) is 1. The molecule has 0 saturated carbocycles. The summed E-state index contributed by atoms with van der Waals surface area (Å²) < 4.78 is 15.8. The number of rotatable bonds is 7. The number of carbonyl (C=O) groups is 1. The van der Waals surface area contributed by atoms with E-state index < -0.39 is 0 Å². The molecule has 0 aromatic heterocycles. The van der Waals surface area contributed by atoms with Crippen molar-refractivity contribution in [2.45, 2.75) is 33.2 Å². The number of amides is 1. The summed E-state index contributed by atoms with van der Waals surface area (Å²) in [7, 11) is 4.67. The molecular formula is C16H25NO4. The molecule has 0 aliphatic rings. The van der Waals surface area contributed by atoms with Gasteiger partial charge < -0.3 is 19.5 Å². The Bertz CT molecular complexity index is 460. The summed E-state index contributed by atoms with van der Waals surface area (Å²) in [6, 6.07) is 3.72. The van der Waals surface area contributed by atoms with Crippen molar-refractivity contribution >= 4 is 5.91 Å². The van der Waals surface area contributed by atoms with Crippen LogP contribution in [0.25, 0.3) is 0 Å². The van der Waals surface area contributed by atoms with Crippen LogP contribution in [0.5, 0.6) is 17.2 Å². The lowest BCUT2D eigenvalue weighted by Gasteiger charge is -2.18. The summed E-state index contributed by atoms with van der Waals surface area (Å²) >= 11 is 0. The van der Waals surface area contributed by atoms with Gasteiger partial charge in [0.2, 0.25) is 11.7 Å². The molecule has 21 heavy (non-hydrogen) atoms. The first-order chi connectivity index (χ1) is 9.92. The van der Waals surface area contributed by atoms with Crippen LogP contribution in [0.3, 0.4) is 0 Å². The predicted octanol–water partition coefficient (Wildman–Crippen LogP) is 2.42. The summed E-state index contributed by atoms with van der Waals surface area (Å²) in [4.78, 5) is 12.1. The highest BCUT2D eigenvalue weighted by Crippen LogP contribution is 2.38. The Morgan fingerprint density at radius 1 is 1.05 bits per heavy atom. The van der Waals surface area contributed by atoms with Crippen molar-refractivity contribution in [1.29, 1.82) is 0 Å². The van der Waals surface area contributed by atoms with Crippen molar-refractivity contribution < 1.29 is 19.0 Å². The van der Waals surface area contributed by atoms with Gasteiger partial charge in [-0.2, -0.15) is 0 Å². The van der Waals surface area contributed by atoms with Crippen molar-refractivity contribution in [3.63, 3.8) is 0 Å². The Kier molecular flexibility index (Phi) is 6.34. The second-order valence-corrected chi connectivity index (χ2v) is 5.31. The third-order valence-corrected chi connectivity index (χ3v) is 3.48. The molecule has 5 heteroatoms. The van der Waals surface area contributed by atoms with Crippen LogP contribution in [0.4, 0.5) is 0 Å². The zero-order valence-electron chi connectivity index (χ0n) is 13.6. The normalized spacial score (nSPS) is 12.0. The van der Waals surface area contributed by atoms with Crippen LogP contribution < -0.4 is 19.5 Å². The maximum Gasteiger partial charge on any atom is 0.224 e. The van der Waals surface area contributed by atoms with E-state index in [0.29, 0.717) is 23.2 Å². The molecule has 0 fully saturated rings. The Hall–Kier alpha value is -1.91. The molecule has 0 aliphatic heterocycles. The first kappa shape index (κ1) is 17.1. The van der Waals surface area contributed by atoms with E-state index in [4.69, 9.17) is 14.2 Å². The van der Waals surface area contributed by atoms with Gasteiger partial charge in [-0.3, -0.25) is 4.79 Å². The maximum absolute atomic E-state index is 12.1. The second kappa shape index (κ2) is 7.76. The van der Waals surface area contributed by atoms with E-state index in [2.05, 4.69) is 19.2 Å². The molecule has 1 unspecified atom stereocenters. The van der Waals surface area contributed by atoms with Gasteiger partial charge in [-0.25, -0.2) is 0 Å². The van der Waals surface area contributed by atoms with E-state index in [1.54, 1.807) is 33.5 Å². The fourth-order valence-corrected chi connectivity index (χ4v) is 1.89. The molecule has 0 heterocycles. The quantitative estimate of drug-likeness (QED) is 0.839. The third kappa shape index (κ3) is 4.55. The van der Waals surface area contributed by atoms with E-state index in [9.17, 15) is 4.79 Å². The van der Waals surface area contributed by atoms with E-state index >= 15 is 0 Å². The summed E-state index contributed by atoms with van der Waals surface area (Å²) in [5.41, 5.74) is 0.818. The van der Waals surface area contributed by atoms with E-state index in [0.717, 1.165) is 5.56 Å². The smallest absolute Gasteiger partial charge is 0.224 e. The van der Waals surface area contributed by atoms with Crippen LogP contribution in [0.1, 0.15) is 26.3 Å². The van der Waals surface area contributed by atoms with Gasteiger partial charge in [0.1, 0.15) is 0 Å². The lowest BCUT2D eigenvalue weighted by molar-refractivity contribution is -0.121. The number of methoxy groups -OCH3 is 3. The molecule has 0 radical (unpaired) electrons. The fraction of sp³-hybridized carbons (Fsp3) is 0.562. The van der Waals surface area contributed by atoms with Crippen LogP contribution in [-0.4, -0.2) is 33.3 Å². The van der Waals surface area contributed by atoms with E-state index in [-0.39, 0.29) is 18.4 Å². The maximum atomic E-state index is 12.1. The monoisotopic (exact) mass is 295 g/mol. The molecule has 1 amide bonds. The van der Waals surface area contributed by atoms with Gasteiger partial charge >= 0.3 is 0 Å². The molecule has 0 bridgehead atoms. The van der Waals surface area contributed by atoms with Gasteiger partial charge in [0, 0.05) is 6.04 Å². The van der Waals surface area contributed by atoms with Crippen LogP contribution in [-0.2, 0) is 11.2 Å². The van der Waals surface area contributed by atoms with Crippen LogP contribution in [0, 0.1) is 5.92 Å². The third-order valence-electron chi connectivity index (χ3n) is 3.48. The molecule has 1 atom stereocenters. The molecule has 5 nitrogen and oxygen atoms in total. The van der Waals surface area contributed by atoms with Gasteiger partial charge in [-0.05, 0) is 30.5 Å². The van der Waals surface area contributed by atoms with Crippen LogP contribution in [0.15, 0.2) is 12.1 Å². The highest BCUT2D eigenvalue weighted by Gasteiger charge is 2.16. The van der Waals surface area contributed by atoms with E-state index in [1.165, 1.54) is 0 Å². The zero-order valence-corrected chi connectivity index (χ0v) is 13.6. The first-order valence-corrected chi connectivity index (χ1v) is 7.01. The first-order valence-electron chi connectivity index (χ1n) is 7.01. The molecule has 1 aromatic rings. The number of ether oxygens (including phenoxy) is 3. The Morgan fingerprint density at radius 2 is 1.57 bits per heavy atom. The minimum atomic E-state index is -0.0227. The summed E-state index contributed by atoms with van der Waals surface area (Å²) in [5, 5.41) is 2.98. The number of benzene rings is 1. The topological polar surface area (TPSA) is 56.8 Å². The highest BCUT2D eigenvalue weighted by molar-refractivity contribution is 5.79. The molecule has 1 aromatic carbocycles. The number of carbonyl (C=O) groups excluding carboxylic acids is 1. The molecule has 118 valence electrons. The molecule has 0 saturated heterocycles. The second-order valence-electron chi connectivity index (χ2n) is 5.31. The van der Waals surface area contributed by atoms with Gasteiger partial charge in [-0.15, -0.1) is 0 Å². The van der Waals surface area contributed by atoms with Gasteiger partial charge in [0.25, 0.3) is 0 Å². The van der Waals surface area contributed by atoms with Crippen molar-refractivity contribution in [1.82, 2.24) is 5.32 Å². The van der Waals surface area contributed by atoms with Gasteiger partial charge in [0.05, 0.1) is 27.8 Å². The minimum absolute atomic E-state index is 0.0227. The minimum Gasteiger partial charge on any atom is -0.493 e. The molecule has 1 N–H and O–H groups in total. The summed E-state index contributed by atoms with van der Waals surface area (Å²) in [6.07, 6.45) is 0.272. The summed E-state index contributed by atoms with van der Waals surface area (Å²) in [5.74, 6) is 2.01. The van der Waals surface area contributed by atoms with Crippen LogP contribution >= 0.6 is 0 Å². The molecule has 0 spiro atoms. The van der Waals surface area contributed by atoms with Gasteiger partial charge in [-0.1, -0.05) is 13.8 Å². The number of hydrogen-bond donors (Lipinski definition) is 1. The molecule has 1 rings (SSSR count). The largest absolute Gasteiger partial charge is 0.493 e. The predicted molar refractivity (Wildman–Crippen MR) is 82.2 cm³/mol. The highest BCUT2D eigenvalue weighted by atomic mass is 16.5.